The number of rotatable bonds is 13. The van der Waals surface area contributed by atoms with Crippen LogP contribution >= 0.6 is 11.6 Å². The van der Waals surface area contributed by atoms with Crippen LogP contribution < -0.4 is 9.62 Å². The lowest BCUT2D eigenvalue weighted by Crippen LogP contribution is -2.52. The average molecular weight is 646 g/mol. The van der Waals surface area contributed by atoms with E-state index >= 15 is 0 Å². The summed E-state index contributed by atoms with van der Waals surface area (Å²) in [4.78, 5) is 29.4. The summed E-state index contributed by atoms with van der Waals surface area (Å²) in [5.41, 5.74) is 1.60. The summed E-state index contributed by atoms with van der Waals surface area (Å²) in [6.45, 7) is -0.0216. The van der Waals surface area contributed by atoms with Gasteiger partial charge < -0.3 is 10.2 Å². The lowest BCUT2D eigenvalue weighted by Gasteiger charge is -2.34. The third-order valence-electron chi connectivity index (χ3n) is 7.81. The van der Waals surface area contributed by atoms with Gasteiger partial charge in [-0.05, 0) is 54.7 Å². The SMILES string of the molecule is CS(=O)(=O)N(CCCC(=O)N(Cc1cccc(Cl)c1)[C@H](Cc1ccccc1)C(=O)NC1CCCCC1)c1ccc(F)c(F)c1. The van der Waals surface area contributed by atoms with Crippen molar-refractivity contribution in [1.82, 2.24) is 10.2 Å². The number of halogens is 3. The van der Waals surface area contributed by atoms with Crippen molar-refractivity contribution in [2.24, 2.45) is 0 Å². The van der Waals surface area contributed by atoms with Gasteiger partial charge in [0.2, 0.25) is 21.8 Å². The lowest BCUT2D eigenvalue weighted by atomic mass is 9.94. The van der Waals surface area contributed by atoms with Crippen LogP contribution in [0, 0.1) is 11.6 Å². The number of nitrogens with one attached hydrogen (secondary N) is 1. The molecule has 236 valence electrons. The number of anilines is 1. The van der Waals surface area contributed by atoms with Gasteiger partial charge in [-0.15, -0.1) is 0 Å². The topological polar surface area (TPSA) is 86.8 Å². The first-order valence-electron chi connectivity index (χ1n) is 14.8. The van der Waals surface area contributed by atoms with Crippen LogP contribution in [0.25, 0.3) is 0 Å². The highest BCUT2D eigenvalue weighted by molar-refractivity contribution is 7.92. The molecule has 44 heavy (non-hydrogen) atoms. The Bertz CT molecular complexity index is 1530. The van der Waals surface area contributed by atoms with Gasteiger partial charge in [-0.3, -0.25) is 13.9 Å². The second-order valence-electron chi connectivity index (χ2n) is 11.2. The molecule has 0 unspecified atom stereocenters. The molecule has 3 aromatic rings. The van der Waals surface area contributed by atoms with E-state index < -0.39 is 27.7 Å². The van der Waals surface area contributed by atoms with Gasteiger partial charge in [0.15, 0.2) is 11.6 Å². The molecule has 0 spiro atoms. The summed E-state index contributed by atoms with van der Waals surface area (Å²) in [5, 5.41) is 3.68. The molecule has 1 saturated carbocycles. The molecule has 0 radical (unpaired) electrons. The summed E-state index contributed by atoms with van der Waals surface area (Å²) in [5.74, 6) is -2.85. The zero-order valence-electron chi connectivity index (χ0n) is 24.7. The molecule has 4 rings (SSSR count). The second kappa shape index (κ2) is 15.5. The highest BCUT2D eigenvalue weighted by Crippen LogP contribution is 2.24. The summed E-state index contributed by atoms with van der Waals surface area (Å²) in [6, 6.07) is 18.6. The summed E-state index contributed by atoms with van der Waals surface area (Å²) < 4.78 is 53.5. The van der Waals surface area contributed by atoms with Crippen LogP contribution in [0.15, 0.2) is 72.8 Å². The van der Waals surface area contributed by atoms with Crippen molar-refractivity contribution in [3.63, 3.8) is 0 Å². The van der Waals surface area contributed by atoms with E-state index in [2.05, 4.69) is 5.32 Å². The molecule has 0 aliphatic heterocycles. The van der Waals surface area contributed by atoms with Crippen molar-refractivity contribution in [3.05, 3.63) is 101 Å². The Balaban J connectivity index is 1.59. The molecule has 7 nitrogen and oxygen atoms in total. The van der Waals surface area contributed by atoms with Gasteiger partial charge in [0.25, 0.3) is 0 Å². The monoisotopic (exact) mass is 645 g/mol. The zero-order chi connectivity index (χ0) is 31.7. The molecule has 1 aliphatic rings. The van der Waals surface area contributed by atoms with Crippen molar-refractivity contribution in [2.75, 3.05) is 17.1 Å². The molecule has 2 amide bonds. The number of hydrogen-bond donors (Lipinski definition) is 1. The first kappa shape index (κ1) is 33.4. The zero-order valence-corrected chi connectivity index (χ0v) is 26.3. The number of amides is 2. The summed E-state index contributed by atoms with van der Waals surface area (Å²) in [6.07, 6.45) is 6.23. The maximum Gasteiger partial charge on any atom is 0.243 e. The van der Waals surface area contributed by atoms with E-state index in [9.17, 15) is 26.8 Å². The van der Waals surface area contributed by atoms with Gasteiger partial charge in [0, 0.05) is 43.1 Å². The minimum Gasteiger partial charge on any atom is -0.352 e. The van der Waals surface area contributed by atoms with Crippen LogP contribution in [0.2, 0.25) is 5.02 Å². The number of sulfonamides is 1. The standard InChI is InChI=1S/C33H38ClF2N3O4S/c1-44(42,43)39(28-17-18-29(35)30(36)22-28)19-9-16-32(40)38(23-25-12-8-13-26(34)20-25)31(21-24-10-4-2-5-11-24)33(41)37-27-14-6-3-7-15-27/h2,4-5,8,10-13,17-18,20,22,27,31H,3,6-7,9,14-16,19,21,23H2,1H3,(H,37,41)/t31-/m1/s1. The van der Waals surface area contributed by atoms with E-state index in [1.54, 1.807) is 23.1 Å². The van der Waals surface area contributed by atoms with E-state index in [-0.39, 0.29) is 55.9 Å². The molecular weight excluding hydrogens is 608 g/mol. The number of carbonyl (C=O) groups excluding carboxylic acids is 2. The highest BCUT2D eigenvalue weighted by Gasteiger charge is 2.32. The Morgan fingerprint density at radius 3 is 2.30 bits per heavy atom. The Morgan fingerprint density at radius 1 is 0.932 bits per heavy atom. The number of carbonyl (C=O) groups is 2. The molecule has 0 heterocycles. The van der Waals surface area contributed by atoms with E-state index in [4.69, 9.17) is 11.6 Å². The van der Waals surface area contributed by atoms with Crippen molar-refractivity contribution in [2.45, 2.75) is 70.0 Å². The van der Waals surface area contributed by atoms with E-state index in [1.807, 2.05) is 36.4 Å². The third-order valence-corrected chi connectivity index (χ3v) is 9.24. The van der Waals surface area contributed by atoms with Crippen LogP contribution in [0.1, 0.15) is 56.1 Å². The quantitative estimate of drug-likeness (QED) is 0.238. The second-order valence-corrected chi connectivity index (χ2v) is 13.6. The minimum absolute atomic E-state index is 0.0385. The van der Waals surface area contributed by atoms with Crippen LogP contribution in [0.3, 0.4) is 0 Å². The maximum atomic E-state index is 14.0. The minimum atomic E-state index is -3.87. The number of nitrogens with zero attached hydrogens (tertiary/aromatic N) is 2. The van der Waals surface area contributed by atoms with Crippen molar-refractivity contribution < 1.29 is 26.8 Å². The Kier molecular flexibility index (Phi) is 11.7. The third kappa shape index (κ3) is 9.50. The van der Waals surface area contributed by atoms with E-state index in [0.29, 0.717) is 5.02 Å². The molecule has 1 N–H and O–H groups in total. The molecule has 0 aromatic heterocycles. The van der Waals surface area contributed by atoms with E-state index in [0.717, 1.165) is 65.9 Å². The Hall–Kier alpha value is -3.50. The fourth-order valence-electron chi connectivity index (χ4n) is 5.57. The van der Waals surface area contributed by atoms with Gasteiger partial charge in [-0.2, -0.15) is 0 Å². The van der Waals surface area contributed by atoms with Crippen molar-refractivity contribution in [1.29, 1.82) is 0 Å². The van der Waals surface area contributed by atoms with Crippen molar-refractivity contribution >= 4 is 39.1 Å². The maximum absolute atomic E-state index is 14.0. The van der Waals surface area contributed by atoms with Crippen molar-refractivity contribution in [3.8, 4) is 0 Å². The first-order valence-corrected chi connectivity index (χ1v) is 17.0. The van der Waals surface area contributed by atoms with Crippen LogP contribution in [0.4, 0.5) is 14.5 Å². The number of hydrogen-bond acceptors (Lipinski definition) is 4. The molecule has 0 saturated heterocycles. The molecular formula is C33H38ClF2N3O4S. The van der Waals surface area contributed by atoms with Gasteiger partial charge >= 0.3 is 0 Å². The first-order chi connectivity index (χ1) is 21.0. The van der Waals surface area contributed by atoms with Gasteiger partial charge in [-0.1, -0.05) is 73.3 Å². The van der Waals surface area contributed by atoms with Crippen LogP contribution in [-0.2, 0) is 32.6 Å². The average Bonchev–Trinajstić information content (AvgIpc) is 2.99. The fraction of sp³-hybridized carbons (Fsp3) is 0.394. The summed E-state index contributed by atoms with van der Waals surface area (Å²) in [7, 11) is -3.87. The fourth-order valence-corrected chi connectivity index (χ4v) is 6.74. The molecule has 0 bridgehead atoms. The highest BCUT2D eigenvalue weighted by atomic mass is 35.5. The number of benzene rings is 3. The lowest BCUT2D eigenvalue weighted by molar-refractivity contribution is -0.141. The molecule has 1 atom stereocenters. The largest absolute Gasteiger partial charge is 0.352 e. The van der Waals surface area contributed by atoms with Crippen LogP contribution in [-0.4, -0.2) is 50.0 Å². The van der Waals surface area contributed by atoms with Gasteiger partial charge in [0.1, 0.15) is 6.04 Å². The smallest absolute Gasteiger partial charge is 0.243 e. The van der Waals surface area contributed by atoms with Gasteiger partial charge in [-0.25, -0.2) is 17.2 Å². The molecule has 1 aliphatic carbocycles. The van der Waals surface area contributed by atoms with Crippen LogP contribution in [0.5, 0.6) is 0 Å². The van der Waals surface area contributed by atoms with Gasteiger partial charge in [0.05, 0.1) is 11.9 Å². The summed E-state index contributed by atoms with van der Waals surface area (Å²) >= 11 is 6.25. The molecule has 1 fully saturated rings. The van der Waals surface area contributed by atoms with E-state index in [1.165, 1.54) is 6.07 Å². The molecule has 3 aromatic carbocycles. The predicted molar refractivity (Wildman–Crippen MR) is 169 cm³/mol. The molecule has 11 heteroatoms. The Labute approximate surface area is 263 Å². The predicted octanol–water partition coefficient (Wildman–Crippen LogP) is 6.25. The Morgan fingerprint density at radius 2 is 1.64 bits per heavy atom. The normalized spacial score (nSPS) is 14.5.